The highest BCUT2D eigenvalue weighted by Gasteiger charge is 2.43. The average Bonchev–Trinajstić information content (AvgIpc) is 2.54. The van der Waals surface area contributed by atoms with Crippen LogP contribution in [0.1, 0.15) is 44.9 Å². The Labute approximate surface area is 140 Å². The lowest BCUT2D eigenvalue weighted by molar-refractivity contribution is -0.236. The van der Waals surface area contributed by atoms with Gasteiger partial charge in [-0.05, 0) is 12.8 Å². The molecule has 0 aromatic heterocycles. The van der Waals surface area contributed by atoms with E-state index in [1.54, 1.807) is 0 Å². The highest BCUT2D eigenvalue weighted by molar-refractivity contribution is 5.76. The van der Waals surface area contributed by atoms with Gasteiger partial charge in [0.2, 0.25) is 5.91 Å². The molecule has 9 heteroatoms. The number of carboxylic acids is 1. The number of aliphatic carboxylic acids is 1. The summed E-state index contributed by atoms with van der Waals surface area (Å²) in [5, 5.41) is 49.1. The van der Waals surface area contributed by atoms with E-state index in [0.717, 1.165) is 19.3 Å². The Morgan fingerprint density at radius 1 is 0.875 bits per heavy atom. The number of carbonyl (C=O) groups is 2. The minimum Gasteiger partial charge on any atom is -0.481 e. The molecule has 0 spiro atoms. The first-order valence-corrected chi connectivity index (χ1v) is 8.18. The number of unbranched alkanes of at least 4 members (excludes halogenated alkanes) is 4. The topological polar surface area (TPSA) is 157 Å². The highest BCUT2D eigenvalue weighted by Crippen LogP contribution is 2.20. The van der Waals surface area contributed by atoms with Crippen LogP contribution in [0.15, 0.2) is 0 Å². The van der Waals surface area contributed by atoms with Crippen molar-refractivity contribution in [1.29, 1.82) is 0 Å². The molecule has 1 amide bonds. The van der Waals surface area contributed by atoms with Gasteiger partial charge in [-0.15, -0.1) is 0 Å². The molecule has 0 aromatic carbocycles. The molecule has 0 unspecified atom stereocenters. The zero-order valence-corrected chi connectivity index (χ0v) is 13.5. The van der Waals surface area contributed by atoms with E-state index < -0.39 is 43.2 Å². The summed E-state index contributed by atoms with van der Waals surface area (Å²) in [4.78, 5) is 22.2. The number of carboxylic acid groups (broad SMARTS) is 1. The molecule has 5 atom stereocenters. The largest absolute Gasteiger partial charge is 0.481 e. The molecular weight excluding hydrogens is 322 g/mol. The number of carbonyl (C=O) groups excluding carboxylic acids is 1. The highest BCUT2D eigenvalue weighted by atomic mass is 16.6. The van der Waals surface area contributed by atoms with Crippen molar-refractivity contribution in [1.82, 2.24) is 5.32 Å². The molecule has 1 aliphatic heterocycles. The molecule has 9 nitrogen and oxygen atoms in total. The standard InChI is InChI=1S/C15H27NO8/c17-8-9-12(21)13(22)14(23)15(24-9)16-10(18)6-4-2-1-3-5-7-11(19)20/h9,12-15,17,21-23H,1-8H2,(H,16,18)(H,19,20)/t9-,12+,13+,14-,15-/m1/s1. The van der Waals surface area contributed by atoms with E-state index in [1.165, 1.54) is 0 Å². The van der Waals surface area contributed by atoms with Crippen LogP contribution >= 0.6 is 0 Å². The smallest absolute Gasteiger partial charge is 0.303 e. The number of rotatable bonds is 10. The third kappa shape index (κ3) is 6.70. The number of amides is 1. The van der Waals surface area contributed by atoms with Crippen LogP contribution < -0.4 is 5.32 Å². The number of hydrogen-bond donors (Lipinski definition) is 6. The van der Waals surface area contributed by atoms with Gasteiger partial charge in [0.1, 0.15) is 24.4 Å². The van der Waals surface area contributed by atoms with Gasteiger partial charge in [-0.1, -0.05) is 19.3 Å². The zero-order chi connectivity index (χ0) is 18.1. The molecule has 1 heterocycles. The number of nitrogens with one attached hydrogen (secondary N) is 1. The summed E-state index contributed by atoms with van der Waals surface area (Å²) in [6.07, 6.45) is -2.72. The lowest BCUT2D eigenvalue weighted by atomic mass is 9.98. The van der Waals surface area contributed by atoms with Gasteiger partial charge in [-0.2, -0.15) is 0 Å². The summed E-state index contributed by atoms with van der Waals surface area (Å²) in [5.41, 5.74) is 0. The predicted molar refractivity (Wildman–Crippen MR) is 81.9 cm³/mol. The maximum Gasteiger partial charge on any atom is 0.303 e. The number of ether oxygens (including phenoxy) is 1. The van der Waals surface area contributed by atoms with Crippen molar-refractivity contribution in [2.75, 3.05) is 6.61 Å². The zero-order valence-electron chi connectivity index (χ0n) is 13.5. The Bertz CT molecular complexity index is 403. The molecule has 0 aromatic rings. The molecular formula is C15H27NO8. The molecule has 1 saturated heterocycles. The van der Waals surface area contributed by atoms with Crippen LogP contribution in [0.25, 0.3) is 0 Å². The monoisotopic (exact) mass is 349 g/mol. The number of aliphatic hydroxyl groups is 4. The molecule has 24 heavy (non-hydrogen) atoms. The van der Waals surface area contributed by atoms with Crippen LogP contribution in [-0.4, -0.2) is 74.7 Å². The van der Waals surface area contributed by atoms with E-state index >= 15 is 0 Å². The quantitative estimate of drug-likeness (QED) is 0.266. The van der Waals surface area contributed by atoms with Crippen molar-refractivity contribution < 1.29 is 39.9 Å². The minimum atomic E-state index is -1.52. The van der Waals surface area contributed by atoms with Crippen LogP contribution in [0.2, 0.25) is 0 Å². The van der Waals surface area contributed by atoms with Crippen molar-refractivity contribution in [3.05, 3.63) is 0 Å². The SMILES string of the molecule is O=C(O)CCCCCCCC(=O)N[C@@H]1O[C@H](CO)[C@H](O)[C@H](O)[C@H]1O. The maximum atomic E-state index is 11.8. The van der Waals surface area contributed by atoms with Gasteiger partial charge in [0.15, 0.2) is 6.23 Å². The van der Waals surface area contributed by atoms with Gasteiger partial charge in [-0.3, -0.25) is 9.59 Å². The van der Waals surface area contributed by atoms with Gasteiger partial charge >= 0.3 is 5.97 Å². The molecule has 0 saturated carbocycles. The van der Waals surface area contributed by atoms with E-state index in [2.05, 4.69) is 5.32 Å². The summed E-state index contributed by atoms with van der Waals surface area (Å²) >= 11 is 0. The average molecular weight is 349 g/mol. The normalized spacial score (nSPS) is 30.1. The second-order valence-electron chi connectivity index (χ2n) is 5.98. The minimum absolute atomic E-state index is 0.150. The first-order chi connectivity index (χ1) is 11.4. The number of aliphatic hydroxyl groups excluding tert-OH is 4. The van der Waals surface area contributed by atoms with Crippen molar-refractivity contribution in [3.8, 4) is 0 Å². The summed E-state index contributed by atoms with van der Waals surface area (Å²) in [7, 11) is 0. The fourth-order valence-electron chi connectivity index (χ4n) is 2.54. The fourth-order valence-corrected chi connectivity index (χ4v) is 2.54. The van der Waals surface area contributed by atoms with Crippen molar-refractivity contribution >= 4 is 11.9 Å². The second kappa shape index (κ2) is 10.6. The van der Waals surface area contributed by atoms with Gasteiger partial charge < -0.3 is 35.6 Å². The molecule has 6 N–H and O–H groups in total. The van der Waals surface area contributed by atoms with Crippen LogP contribution in [0.5, 0.6) is 0 Å². The van der Waals surface area contributed by atoms with E-state index in [9.17, 15) is 24.9 Å². The van der Waals surface area contributed by atoms with Crippen molar-refractivity contribution in [2.24, 2.45) is 0 Å². The van der Waals surface area contributed by atoms with Crippen molar-refractivity contribution in [2.45, 2.75) is 75.6 Å². The third-order valence-electron chi connectivity index (χ3n) is 3.99. The van der Waals surface area contributed by atoms with Gasteiger partial charge in [0, 0.05) is 12.8 Å². The first-order valence-electron chi connectivity index (χ1n) is 8.18. The van der Waals surface area contributed by atoms with E-state index in [1.807, 2.05) is 0 Å². The van der Waals surface area contributed by atoms with Crippen LogP contribution in [0, 0.1) is 0 Å². The molecule has 0 radical (unpaired) electrons. The Morgan fingerprint density at radius 3 is 2.04 bits per heavy atom. The molecule has 1 aliphatic rings. The molecule has 140 valence electrons. The van der Waals surface area contributed by atoms with E-state index in [4.69, 9.17) is 14.9 Å². The van der Waals surface area contributed by atoms with Crippen LogP contribution in [0.3, 0.4) is 0 Å². The molecule has 1 rings (SSSR count). The second-order valence-corrected chi connectivity index (χ2v) is 5.98. The van der Waals surface area contributed by atoms with Gasteiger partial charge in [0.25, 0.3) is 0 Å². The summed E-state index contributed by atoms with van der Waals surface area (Å²) in [6.45, 7) is -0.548. The summed E-state index contributed by atoms with van der Waals surface area (Å²) < 4.78 is 5.19. The Kier molecular flexibility index (Phi) is 9.16. The summed E-state index contributed by atoms with van der Waals surface area (Å²) in [6, 6.07) is 0. The third-order valence-corrected chi connectivity index (χ3v) is 3.99. The molecule has 1 fully saturated rings. The fraction of sp³-hybridized carbons (Fsp3) is 0.867. The Morgan fingerprint density at radius 2 is 1.46 bits per heavy atom. The van der Waals surface area contributed by atoms with Crippen LogP contribution in [-0.2, 0) is 14.3 Å². The predicted octanol–water partition coefficient (Wildman–Crippen LogP) is -1.28. The lowest BCUT2D eigenvalue weighted by Gasteiger charge is -2.40. The van der Waals surface area contributed by atoms with E-state index in [0.29, 0.717) is 12.8 Å². The Hall–Kier alpha value is -1.26. The first kappa shape index (κ1) is 20.8. The van der Waals surface area contributed by atoms with Crippen LogP contribution in [0.4, 0.5) is 0 Å². The Balaban J connectivity index is 2.23. The lowest BCUT2D eigenvalue weighted by Crippen LogP contribution is -2.63. The summed E-state index contributed by atoms with van der Waals surface area (Å²) in [5.74, 6) is -1.18. The van der Waals surface area contributed by atoms with Gasteiger partial charge in [0.05, 0.1) is 6.61 Å². The molecule has 0 aliphatic carbocycles. The van der Waals surface area contributed by atoms with E-state index in [-0.39, 0.29) is 18.7 Å². The maximum absolute atomic E-state index is 11.8. The van der Waals surface area contributed by atoms with Crippen molar-refractivity contribution in [3.63, 3.8) is 0 Å². The number of hydrogen-bond acceptors (Lipinski definition) is 7. The van der Waals surface area contributed by atoms with Gasteiger partial charge in [-0.25, -0.2) is 0 Å². The molecule has 0 bridgehead atoms.